The summed E-state index contributed by atoms with van der Waals surface area (Å²) in [6, 6.07) is 6.51. The normalized spacial score (nSPS) is 18.8. The lowest BCUT2D eigenvalue weighted by atomic mass is 9.84. The molecule has 0 aromatic heterocycles. The Labute approximate surface area is 110 Å². The van der Waals surface area contributed by atoms with E-state index in [-0.39, 0.29) is 0 Å². The molecular weight excluding hydrogens is 222 g/mol. The zero-order chi connectivity index (χ0) is 13.0. The molecule has 0 aliphatic heterocycles. The van der Waals surface area contributed by atoms with Crippen molar-refractivity contribution in [2.45, 2.75) is 58.5 Å². The van der Waals surface area contributed by atoms with Crippen LogP contribution in [0.4, 0.5) is 0 Å². The van der Waals surface area contributed by atoms with Crippen LogP contribution in [-0.2, 0) is 6.54 Å². The molecule has 1 aliphatic carbocycles. The third kappa shape index (κ3) is 3.26. The maximum Gasteiger partial charge on any atom is 0.122 e. The molecule has 1 saturated carbocycles. The van der Waals surface area contributed by atoms with Gasteiger partial charge >= 0.3 is 0 Å². The van der Waals surface area contributed by atoms with Crippen LogP contribution in [0.25, 0.3) is 0 Å². The maximum atomic E-state index is 9.98. The molecule has 2 N–H and O–H groups in total. The monoisotopic (exact) mass is 247 g/mol. The minimum atomic E-state index is 0.445. The average Bonchev–Trinajstić information content (AvgIpc) is 2.41. The van der Waals surface area contributed by atoms with Gasteiger partial charge in [-0.1, -0.05) is 37.5 Å². The molecule has 18 heavy (non-hydrogen) atoms. The number of phenols is 1. The van der Waals surface area contributed by atoms with Gasteiger partial charge in [0, 0.05) is 18.2 Å². The van der Waals surface area contributed by atoms with E-state index in [0.717, 1.165) is 23.6 Å². The lowest BCUT2D eigenvalue weighted by Crippen LogP contribution is -2.34. The predicted molar refractivity (Wildman–Crippen MR) is 75.7 cm³/mol. The summed E-state index contributed by atoms with van der Waals surface area (Å²) in [6.07, 6.45) is 6.88. The van der Waals surface area contributed by atoms with E-state index >= 15 is 0 Å². The highest BCUT2D eigenvalue weighted by atomic mass is 16.3. The highest BCUT2D eigenvalue weighted by Gasteiger charge is 2.19. The van der Waals surface area contributed by atoms with Crippen LogP contribution in [0.15, 0.2) is 18.2 Å². The number of hydrogen-bond donors (Lipinski definition) is 2. The molecule has 2 rings (SSSR count). The van der Waals surface area contributed by atoms with Crippen molar-refractivity contribution in [3.05, 3.63) is 29.3 Å². The van der Waals surface area contributed by atoms with Crippen LogP contribution < -0.4 is 5.32 Å². The Morgan fingerprint density at radius 3 is 2.72 bits per heavy atom. The molecule has 100 valence electrons. The molecule has 2 heteroatoms. The Hall–Kier alpha value is -1.02. The van der Waals surface area contributed by atoms with Gasteiger partial charge in [-0.15, -0.1) is 0 Å². The van der Waals surface area contributed by atoms with Crippen LogP contribution in [0.1, 0.15) is 50.2 Å². The molecule has 0 heterocycles. The molecule has 2 nitrogen and oxygen atoms in total. The Kier molecular flexibility index (Phi) is 4.65. The Morgan fingerprint density at radius 2 is 2.00 bits per heavy atom. The fourth-order valence-corrected chi connectivity index (χ4v) is 2.93. The smallest absolute Gasteiger partial charge is 0.122 e. The van der Waals surface area contributed by atoms with Gasteiger partial charge in [-0.05, 0) is 38.2 Å². The summed E-state index contributed by atoms with van der Waals surface area (Å²) < 4.78 is 0. The van der Waals surface area contributed by atoms with Gasteiger partial charge in [0.05, 0.1) is 0 Å². The van der Waals surface area contributed by atoms with Gasteiger partial charge in [-0.3, -0.25) is 0 Å². The number of aromatic hydroxyl groups is 1. The fraction of sp³-hybridized carbons (Fsp3) is 0.625. The van der Waals surface area contributed by atoms with Crippen molar-refractivity contribution in [2.24, 2.45) is 5.92 Å². The van der Waals surface area contributed by atoms with Crippen LogP contribution in [0.2, 0.25) is 0 Å². The second-order valence-corrected chi connectivity index (χ2v) is 5.65. The van der Waals surface area contributed by atoms with E-state index in [0.29, 0.717) is 11.8 Å². The van der Waals surface area contributed by atoms with Gasteiger partial charge < -0.3 is 10.4 Å². The number of aryl methyl sites for hydroxylation is 1. The zero-order valence-electron chi connectivity index (χ0n) is 11.6. The first-order chi connectivity index (χ1) is 8.68. The number of rotatable bonds is 4. The molecular formula is C16H25NO. The third-order valence-electron chi connectivity index (χ3n) is 4.29. The molecule has 0 bridgehead atoms. The van der Waals surface area contributed by atoms with Crippen molar-refractivity contribution in [3.63, 3.8) is 0 Å². The molecule has 1 aliphatic rings. The summed E-state index contributed by atoms with van der Waals surface area (Å²) in [6.45, 7) is 5.00. The van der Waals surface area contributed by atoms with E-state index in [2.05, 4.69) is 12.2 Å². The number of para-hydroxylation sites is 1. The fourth-order valence-electron chi connectivity index (χ4n) is 2.93. The van der Waals surface area contributed by atoms with E-state index in [1.807, 2.05) is 25.1 Å². The molecule has 0 saturated heterocycles. The van der Waals surface area contributed by atoms with Crippen molar-refractivity contribution in [1.82, 2.24) is 5.32 Å². The molecule has 0 spiro atoms. The van der Waals surface area contributed by atoms with Gasteiger partial charge in [0.15, 0.2) is 0 Å². The van der Waals surface area contributed by atoms with Gasteiger partial charge in [0.2, 0.25) is 0 Å². The molecule has 0 radical (unpaired) electrons. The van der Waals surface area contributed by atoms with E-state index in [1.54, 1.807) is 0 Å². The quantitative estimate of drug-likeness (QED) is 0.849. The summed E-state index contributed by atoms with van der Waals surface area (Å²) in [7, 11) is 0. The first-order valence-corrected chi connectivity index (χ1v) is 7.19. The highest BCUT2D eigenvalue weighted by Crippen LogP contribution is 2.27. The topological polar surface area (TPSA) is 32.3 Å². The Balaban J connectivity index is 1.88. The Morgan fingerprint density at radius 1 is 1.28 bits per heavy atom. The molecule has 1 aromatic carbocycles. The van der Waals surface area contributed by atoms with Gasteiger partial charge in [-0.25, -0.2) is 0 Å². The van der Waals surface area contributed by atoms with Crippen LogP contribution in [0, 0.1) is 12.8 Å². The van der Waals surface area contributed by atoms with E-state index in [1.165, 1.54) is 32.1 Å². The SMILES string of the molecule is Cc1cccc(CNC(C)C2CCCCC2)c1O. The molecule has 1 aromatic rings. The van der Waals surface area contributed by atoms with E-state index in [4.69, 9.17) is 0 Å². The zero-order valence-corrected chi connectivity index (χ0v) is 11.6. The lowest BCUT2D eigenvalue weighted by molar-refractivity contribution is 0.280. The van der Waals surface area contributed by atoms with Gasteiger partial charge in [0.1, 0.15) is 5.75 Å². The van der Waals surface area contributed by atoms with Crippen LogP contribution in [-0.4, -0.2) is 11.1 Å². The molecule has 1 atom stereocenters. The number of hydrogen-bond acceptors (Lipinski definition) is 2. The highest BCUT2D eigenvalue weighted by molar-refractivity contribution is 5.39. The summed E-state index contributed by atoms with van der Waals surface area (Å²) in [5.41, 5.74) is 1.97. The van der Waals surface area contributed by atoms with Crippen LogP contribution in [0.5, 0.6) is 5.75 Å². The summed E-state index contributed by atoms with van der Waals surface area (Å²) in [5, 5.41) is 13.6. The first-order valence-electron chi connectivity index (χ1n) is 7.19. The van der Waals surface area contributed by atoms with Crippen molar-refractivity contribution >= 4 is 0 Å². The molecule has 0 amide bonds. The van der Waals surface area contributed by atoms with Crippen molar-refractivity contribution in [1.29, 1.82) is 0 Å². The first kappa shape index (κ1) is 13.4. The van der Waals surface area contributed by atoms with Crippen molar-refractivity contribution in [3.8, 4) is 5.75 Å². The standard InChI is InChI=1S/C16H25NO/c1-12-7-6-10-15(16(12)18)11-17-13(2)14-8-4-3-5-9-14/h6-7,10,13-14,17-18H,3-5,8-9,11H2,1-2H3. The van der Waals surface area contributed by atoms with E-state index in [9.17, 15) is 5.11 Å². The average molecular weight is 247 g/mol. The molecule has 1 unspecified atom stereocenters. The second kappa shape index (κ2) is 6.24. The molecule has 1 fully saturated rings. The number of benzene rings is 1. The number of nitrogens with one attached hydrogen (secondary N) is 1. The van der Waals surface area contributed by atoms with Gasteiger partial charge in [-0.2, -0.15) is 0 Å². The van der Waals surface area contributed by atoms with Crippen LogP contribution in [0.3, 0.4) is 0 Å². The van der Waals surface area contributed by atoms with E-state index < -0.39 is 0 Å². The largest absolute Gasteiger partial charge is 0.507 e. The van der Waals surface area contributed by atoms with Crippen LogP contribution >= 0.6 is 0 Å². The summed E-state index contributed by atoms with van der Waals surface area (Å²) in [4.78, 5) is 0. The van der Waals surface area contributed by atoms with Crippen molar-refractivity contribution in [2.75, 3.05) is 0 Å². The Bertz CT molecular complexity index is 383. The number of phenolic OH excluding ortho intramolecular Hbond substituents is 1. The minimum Gasteiger partial charge on any atom is -0.507 e. The van der Waals surface area contributed by atoms with Crippen molar-refractivity contribution < 1.29 is 5.11 Å². The maximum absolute atomic E-state index is 9.98. The third-order valence-corrected chi connectivity index (χ3v) is 4.29. The predicted octanol–water partition coefficient (Wildman–Crippen LogP) is 3.76. The summed E-state index contributed by atoms with van der Waals surface area (Å²) >= 11 is 0. The van der Waals surface area contributed by atoms with Gasteiger partial charge in [0.25, 0.3) is 0 Å². The minimum absolute atomic E-state index is 0.445. The summed E-state index contributed by atoms with van der Waals surface area (Å²) in [5.74, 6) is 1.26. The second-order valence-electron chi connectivity index (χ2n) is 5.65. The lowest BCUT2D eigenvalue weighted by Gasteiger charge is -2.28.